The molecule has 0 saturated carbocycles. The number of carboxylic acid groups (broad SMARTS) is 1. The van der Waals surface area contributed by atoms with Crippen LogP contribution in [0.3, 0.4) is 0 Å². The summed E-state index contributed by atoms with van der Waals surface area (Å²) in [6.45, 7) is 4.00. The van der Waals surface area contributed by atoms with Gasteiger partial charge in [0.1, 0.15) is 4.60 Å². The maximum Gasteiger partial charge on any atom is 0.355 e. The van der Waals surface area contributed by atoms with Gasteiger partial charge in [-0.3, -0.25) is 4.40 Å². The molecule has 5 nitrogen and oxygen atoms in total. The lowest BCUT2D eigenvalue weighted by Gasteiger charge is -1.99. The van der Waals surface area contributed by atoms with Crippen LogP contribution in [-0.4, -0.2) is 25.4 Å². The molecule has 0 radical (unpaired) electrons. The standard InChI is InChI=1S/C12H10BrN3O2/c1-5-3-6(2)8-7(4-5)16-10(13)9(11(17)18)15-12(16)14-8/h3-4H,1-2H3,(H,14,15)(H,17,18). The highest BCUT2D eigenvalue weighted by molar-refractivity contribution is 9.10. The molecule has 18 heavy (non-hydrogen) atoms. The fourth-order valence-electron chi connectivity index (χ4n) is 2.22. The number of fused-ring (bicyclic) bond motifs is 3. The topological polar surface area (TPSA) is 70.4 Å². The molecule has 0 amide bonds. The van der Waals surface area contributed by atoms with E-state index in [2.05, 4.69) is 32.0 Å². The van der Waals surface area contributed by atoms with Crippen LogP contribution in [0.2, 0.25) is 0 Å². The van der Waals surface area contributed by atoms with E-state index in [0.29, 0.717) is 10.4 Å². The molecule has 2 aromatic heterocycles. The molecule has 0 aliphatic carbocycles. The minimum atomic E-state index is -1.01. The average Bonchev–Trinajstić information content (AvgIpc) is 2.77. The Labute approximate surface area is 111 Å². The first-order chi connectivity index (χ1) is 8.49. The van der Waals surface area contributed by atoms with Crippen LogP contribution in [0.25, 0.3) is 16.8 Å². The second-order valence-corrected chi connectivity index (χ2v) is 5.07. The monoisotopic (exact) mass is 307 g/mol. The number of H-pyrrole nitrogens is 1. The molecule has 0 bridgehead atoms. The molecule has 92 valence electrons. The molecular formula is C12H10BrN3O2. The summed E-state index contributed by atoms with van der Waals surface area (Å²) >= 11 is 3.31. The highest BCUT2D eigenvalue weighted by atomic mass is 79.9. The van der Waals surface area contributed by atoms with Gasteiger partial charge in [-0.2, -0.15) is 0 Å². The van der Waals surface area contributed by atoms with Crippen LogP contribution in [0.15, 0.2) is 16.7 Å². The zero-order chi connectivity index (χ0) is 13.0. The number of imidazole rings is 2. The lowest BCUT2D eigenvalue weighted by Crippen LogP contribution is -1.98. The van der Waals surface area contributed by atoms with Gasteiger partial charge in [-0.1, -0.05) is 6.07 Å². The summed E-state index contributed by atoms with van der Waals surface area (Å²) < 4.78 is 2.26. The predicted octanol–water partition coefficient (Wildman–Crippen LogP) is 2.89. The van der Waals surface area contributed by atoms with Crippen LogP contribution in [-0.2, 0) is 0 Å². The normalized spacial score (nSPS) is 11.5. The smallest absolute Gasteiger partial charge is 0.355 e. The largest absolute Gasteiger partial charge is 0.476 e. The Balaban J connectivity index is 2.51. The minimum absolute atomic E-state index is 0.110. The summed E-state index contributed by atoms with van der Waals surface area (Å²) in [4.78, 5) is 18.3. The molecule has 3 rings (SSSR count). The molecule has 0 fully saturated rings. The van der Waals surface area contributed by atoms with Crippen LogP contribution < -0.4 is 0 Å². The maximum atomic E-state index is 11.1. The van der Waals surface area contributed by atoms with Gasteiger partial charge in [0.25, 0.3) is 0 Å². The van der Waals surface area contributed by atoms with Gasteiger partial charge in [0.15, 0.2) is 5.69 Å². The van der Waals surface area contributed by atoms with Gasteiger partial charge in [-0.25, -0.2) is 9.78 Å². The fourth-order valence-corrected chi connectivity index (χ4v) is 2.85. The molecule has 0 saturated heterocycles. The zero-order valence-electron chi connectivity index (χ0n) is 9.78. The Morgan fingerprint density at radius 1 is 1.44 bits per heavy atom. The third kappa shape index (κ3) is 1.38. The van der Waals surface area contributed by atoms with Crippen molar-refractivity contribution in [2.24, 2.45) is 0 Å². The highest BCUT2D eigenvalue weighted by Crippen LogP contribution is 2.27. The van der Waals surface area contributed by atoms with Crippen molar-refractivity contribution in [3.63, 3.8) is 0 Å². The van der Waals surface area contributed by atoms with Crippen molar-refractivity contribution in [3.05, 3.63) is 33.6 Å². The van der Waals surface area contributed by atoms with Gasteiger partial charge in [0.2, 0.25) is 5.78 Å². The Morgan fingerprint density at radius 3 is 2.83 bits per heavy atom. The summed E-state index contributed by atoms with van der Waals surface area (Å²) in [6, 6.07) is 4.05. The summed E-state index contributed by atoms with van der Waals surface area (Å²) in [6.07, 6.45) is 0. The molecule has 2 heterocycles. The Kier molecular flexibility index (Phi) is 2.25. The number of carbonyl (C=O) groups is 1. The number of aromatic carboxylic acids is 1. The maximum absolute atomic E-state index is 11.1. The fraction of sp³-hybridized carbons (Fsp3) is 0.167. The minimum Gasteiger partial charge on any atom is -0.476 e. The van der Waals surface area contributed by atoms with Crippen molar-refractivity contribution >= 4 is 38.7 Å². The first-order valence-electron chi connectivity index (χ1n) is 5.39. The number of hydrogen-bond acceptors (Lipinski definition) is 2. The first kappa shape index (κ1) is 11.3. The van der Waals surface area contributed by atoms with Crippen LogP contribution in [0.5, 0.6) is 0 Å². The number of aryl methyl sites for hydroxylation is 2. The zero-order valence-corrected chi connectivity index (χ0v) is 11.4. The lowest BCUT2D eigenvalue weighted by atomic mass is 10.1. The number of benzene rings is 1. The molecular weight excluding hydrogens is 298 g/mol. The van der Waals surface area contributed by atoms with Crippen LogP contribution in [0.1, 0.15) is 21.6 Å². The number of hydrogen-bond donors (Lipinski definition) is 2. The highest BCUT2D eigenvalue weighted by Gasteiger charge is 2.19. The molecule has 0 spiro atoms. The van der Waals surface area contributed by atoms with Crippen molar-refractivity contribution < 1.29 is 9.90 Å². The van der Waals surface area contributed by atoms with Crippen LogP contribution >= 0.6 is 15.9 Å². The van der Waals surface area contributed by atoms with E-state index < -0.39 is 5.97 Å². The summed E-state index contributed by atoms with van der Waals surface area (Å²) in [5, 5.41) is 9.06. The van der Waals surface area contributed by atoms with Gasteiger partial charge < -0.3 is 10.1 Å². The number of nitrogens with one attached hydrogen (secondary N) is 1. The van der Waals surface area contributed by atoms with Crippen LogP contribution in [0.4, 0.5) is 0 Å². The molecule has 0 aliphatic heterocycles. The SMILES string of the molecule is Cc1cc(C)c2nc3[nH]c(C(=O)O)c(Br)n3c2c1. The molecule has 0 atom stereocenters. The van der Waals surface area contributed by atoms with Gasteiger partial charge in [-0.05, 0) is 47.0 Å². The van der Waals surface area contributed by atoms with Crippen LogP contribution in [0, 0.1) is 13.8 Å². The quantitative estimate of drug-likeness (QED) is 0.726. The molecule has 0 unspecified atom stereocenters. The molecule has 2 N–H and O–H groups in total. The van der Waals surface area contributed by atoms with E-state index in [9.17, 15) is 4.79 Å². The van der Waals surface area contributed by atoms with Crippen molar-refractivity contribution in [2.45, 2.75) is 13.8 Å². The third-order valence-electron chi connectivity index (χ3n) is 2.95. The van der Waals surface area contributed by atoms with Crippen molar-refractivity contribution in [1.29, 1.82) is 0 Å². The van der Waals surface area contributed by atoms with Gasteiger partial charge in [0, 0.05) is 0 Å². The van der Waals surface area contributed by atoms with Gasteiger partial charge in [0.05, 0.1) is 11.0 Å². The van der Waals surface area contributed by atoms with E-state index >= 15 is 0 Å². The van der Waals surface area contributed by atoms with Gasteiger partial charge in [-0.15, -0.1) is 0 Å². The van der Waals surface area contributed by atoms with Crippen molar-refractivity contribution in [3.8, 4) is 0 Å². The van der Waals surface area contributed by atoms with Crippen molar-refractivity contribution in [1.82, 2.24) is 14.4 Å². The lowest BCUT2D eigenvalue weighted by molar-refractivity contribution is 0.0690. The Bertz CT molecular complexity index is 801. The molecule has 1 aromatic carbocycles. The Hall–Kier alpha value is -1.82. The number of carboxylic acids is 1. The number of rotatable bonds is 1. The predicted molar refractivity (Wildman–Crippen MR) is 71.2 cm³/mol. The van der Waals surface area contributed by atoms with E-state index in [4.69, 9.17) is 5.11 Å². The summed E-state index contributed by atoms with van der Waals surface area (Å²) in [7, 11) is 0. The summed E-state index contributed by atoms with van der Waals surface area (Å²) in [5.74, 6) is -0.479. The van der Waals surface area contributed by atoms with Gasteiger partial charge >= 0.3 is 5.97 Å². The number of aromatic nitrogens is 3. The first-order valence-corrected chi connectivity index (χ1v) is 6.18. The second kappa shape index (κ2) is 3.58. The number of aromatic amines is 1. The molecule has 6 heteroatoms. The molecule has 0 aliphatic rings. The van der Waals surface area contributed by atoms with E-state index in [1.807, 2.05) is 19.9 Å². The summed E-state index contributed by atoms with van der Waals surface area (Å²) in [5.41, 5.74) is 4.08. The average molecular weight is 308 g/mol. The Morgan fingerprint density at radius 2 is 2.17 bits per heavy atom. The third-order valence-corrected chi connectivity index (χ3v) is 3.70. The van der Waals surface area contributed by atoms with E-state index in [0.717, 1.165) is 22.2 Å². The second-order valence-electron chi connectivity index (χ2n) is 4.32. The number of halogens is 1. The van der Waals surface area contributed by atoms with E-state index in [1.165, 1.54) is 0 Å². The molecule has 3 aromatic rings. The van der Waals surface area contributed by atoms with E-state index in [1.54, 1.807) is 4.40 Å². The van der Waals surface area contributed by atoms with Crippen molar-refractivity contribution in [2.75, 3.05) is 0 Å². The van der Waals surface area contributed by atoms with E-state index in [-0.39, 0.29) is 5.69 Å². The number of nitrogens with zero attached hydrogens (tertiary/aromatic N) is 2.